The van der Waals surface area contributed by atoms with E-state index < -0.39 is 6.10 Å². The number of nitrogens with zero attached hydrogens (tertiary/aromatic N) is 2. The summed E-state index contributed by atoms with van der Waals surface area (Å²) < 4.78 is 2.14. The minimum atomic E-state index is -0.956. The van der Waals surface area contributed by atoms with Gasteiger partial charge in [0.05, 0.1) is 36.5 Å². The van der Waals surface area contributed by atoms with E-state index in [1.165, 1.54) is 10.9 Å². The lowest BCUT2D eigenvalue weighted by atomic mass is 10.2. The Hall–Kier alpha value is -1.24. The van der Waals surface area contributed by atoms with Crippen LogP contribution in [0, 0.1) is 0 Å². The fourth-order valence-corrected chi connectivity index (χ4v) is 1.90. The maximum absolute atomic E-state index is 12.0. The van der Waals surface area contributed by atoms with E-state index in [4.69, 9.17) is 5.11 Å². The maximum atomic E-state index is 12.0. The van der Waals surface area contributed by atoms with Gasteiger partial charge >= 0.3 is 0 Å². The average Bonchev–Trinajstić information content (AvgIpc) is 2.32. The summed E-state index contributed by atoms with van der Waals surface area (Å²) in [6.07, 6.45) is 0.415. The van der Waals surface area contributed by atoms with Crippen molar-refractivity contribution in [2.45, 2.75) is 12.6 Å². The van der Waals surface area contributed by atoms with Crippen LogP contribution >= 0.6 is 15.9 Å². The molecule has 5 nitrogen and oxygen atoms in total. The zero-order valence-electron chi connectivity index (χ0n) is 8.88. The summed E-state index contributed by atoms with van der Waals surface area (Å²) in [7, 11) is 0. The van der Waals surface area contributed by atoms with Gasteiger partial charge in [0.2, 0.25) is 0 Å². The van der Waals surface area contributed by atoms with Crippen molar-refractivity contribution >= 4 is 26.8 Å². The number of aliphatic hydroxyl groups excluding tert-OH is 2. The first-order valence-electron chi connectivity index (χ1n) is 5.05. The van der Waals surface area contributed by atoms with Crippen molar-refractivity contribution in [3.63, 3.8) is 0 Å². The number of hydrogen-bond acceptors (Lipinski definition) is 4. The van der Waals surface area contributed by atoms with Crippen LogP contribution < -0.4 is 5.56 Å². The van der Waals surface area contributed by atoms with Gasteiger partial charge in [0.25, 0.3) is 5.56 Å². The average molecular weight is 299 g/mol. The second-order valence-electron chi connectivity index (χ2n) is 3.70. The van der Waals surface area contributed by atoms with E-state index in [1.54, 1.807) is 18.2 Å². The van der Waals surface area contributed by atoms with Crippen molar-refractivity contribution < 1.29 is 10.2 Å². The van der Waals surface area contributed by atoms with Gasteiger partial charge in [0.15, 0.2) is 0 Å². The summed E-state index contributed by atoms with van der Waals surface area (Å²) in [4.78, 5) is 16.1. The molecule has 0 amide bonds. The van der Waals surface area contributed by atoms with E-state index in [-0.39, 0.29) is 18.7 Å². The van der Waals surface area contributed by atoms with Crippen LogP contribution in [0.15, 0.2) is 33.8 Å². The van der Waals surface area contributed by atoms with Crippen LogP contribution in [-0.2, 0) is 6.54 Å². The van der Waals surface area contributed by atoms with Crippen molar-refractivity contribution in [3.05, 3.63) is 39.4 Å². The molecule has 1 aromatic heterocycles. The number of benzene rings is 1. The molecule has 0 aliphatic carbocycles. The van der Waals surface area contributed by atoms with Crippen LogP contribution in [0.5, 0.6) is 0 Å². The Balaban J connectivity index is 2.51. The number of aliphatic hydroxyl groups is 2. The second-order valence-corrected chi connectivity index (χ2v) is 4.62. The van der Waals surface area contributed by atoms with Gasteiger partial charge in [-0.15, -0.1) is 0 Å². The highest BCUT2D eigenvalue weighted by Crippen LogP contribution is 2.14. The van der Waals surface area contributed by atoms with Gasteiger partial charge in [-0.25, -0.2) is 4.98 Å². The molecule has 1 unspecified atom stereocenters. The van der Waals surface area contributed by atoms with E-state index in [1.807, 2.05) is 0 Å². The maximum Gasteiger partial charge on any atom is 0.261 e. The molecule has 1 aromatic carbocycles. The van der Waals surface area contributed by atoms with Crippen LogP contribution in [0.25, 0.3) is 10.9 Å². The van der Waals surface area contributed by atoms with Crippen LogP contribution in [0.3, 0.4) is 0 Å². The third-order valence-electron chi connectivity index (χ3n) is 2.41. The van der Waals surface area contributed by atoms with Gasteiger partial charge in [0.1, 0.15) is 0 Å². The van der Waals surface area contributed by atoms with Crippen LogP contribution in [-0.4, -0.2) is 32.5 Å². The topological polar surface area (TPSA) is 75.4 Å². The molecule has 1 heterocycles. The minimum Gasteiger partial charge on any atom is -0.394 e. The van der Waals surface area contributed by atoms with Crippen LogP contribution in [0.4, 0.5) is 0 Å². The Morgan fingerprint density at radius 1 is 1.47 bits per heavy atom. The molecule has 2 aromatic rings. The number of hydrogen-bond donors (Lipinski definition) is 2. The number of rotatable bonds is 3. The molecule has 0 aliphatic heterocycles. The molecule has 17 heavy (non-hydrogen) atoms. The third-order valence-corrected chi connectivity index (χ3v) is 2.90. The second kappa shape index (κ2) is 4.95. The molecule has 0 saturated heterocycles. The summed E-state index contributed by atoms with van der Waals surface area (Å²) in [6, 6.07) is 5.19. The Kier molecular flexibility index (Phi) is 3.56. The van der Waals surface area contributed by atoms with Crippen molar-refractivity contribution in [2.75, 3.05) is 6.61 Å². The molecule has 0 saturated carbocycles. The third kappa shape index (κ3) is 2.54. The first-order valence-corrected chi connectivity index (χ1v) is 5.84. The van der Waals surface area contributed by atoms with Crippen molar-refractivity contribution in [1.82, 2.24) is 9.55 Å². The molecule has 0 bridgehead atoms. The lowest BCUT2D eigenvalue weighted by Crippen LogP contribution is -2.28. The first-order chi connectivity index (χ1) is 8.11. The summed E-state index contributed by atoms with van der Waals surface area (Å²) in [5, 5.41) is 18.5. The molecule has 90 valence electrons. The normalized spacial score (nSPS) is 12.9. The number of fused-ring (bicyclic) bond motifs is 1. The van der Waals surface area contributed by atoms with E-state index in [2.05, 4.69) is 20.9 Å². The molecular weight excluding hydrogens is 288 g/mol. The summed E-state index contributed by atoms with van der Waals surface area (Å²) >= 11 is 3.31. The fraction of sp³-hybridized carbons (Fsp3) is 0.273. The molecule has 0 aliphatic rings. The molecule has 2 N–H and O–H groups in total. The molecule has 2 rings (SSSR count). The first kappa shape index (κ1) is 12.2. The van der Waals surface area contributed by atoms with Gasteiger partial charge < -0.3 is 10.2 Å². The summed E-state index contributed by atoms with van der Waals surface area (Å²) in [5.74, 6) is 0. The van der Waals surface area contributed by atoms with Crippen molar-refractivity contribution in [1.29, 1.82) is 0 Å². The number of halogens is 1. The van der Waals surface area contributed by atoms with E-state index in [9.17, 15) is 9.90 Å². The quantitative estimate of drug-likeness (QED) is 0.866. The van der Waals surface area contributed by atoms with Crippen LogP contribution in [0.2, 0.25) is 0 Å². The highest BCUT2D eigenvalue weighted by Gasteiger charge is 2.08. The smallest absolute Gasteiger partial charge is 0.261 e. The lowest BCUT2D eigenvalue weighted by Gasteiger charge is -2.10. The van der Waals surface area contributed by atoms with Crippen molar-refractivity contribution in [2.24, 2.45) is 0 Å². The highest BCUT2D eigenvalue weighted by atomic mass is 79.9. The SMILES string of the molecule is O=c1c2ccc(Br)cc2ncn1CC(O)CO. The van der Waals surface area contributed by atoms with Crippen LogP contribution in [0.1, 0.15) is 0 Å². The van der Waals surface area contributed by atoms with Gasteiger partial charge in [0, 0.05) is 4.47 Å². The largest absolute Gasteiger partial charge is 0.394 e. The minimum absolute atomic E-state index is 0.0360. The molecule has 0 radical (unpaired) electrons. The van der Waals surface area contributed by atoms with Gasteiger partial charge in [-0.3, -0.25) is 9.36 Å². The Morgan fingerprint density at radius 2 is 2.24 bits per heavy atom. The highest BCUT2D eigenvalue weighted by molar-refractivity contribution is 9.10. The van der Waals surface area contributed by atoms with E-state index in [0.717, 1.165) is 4.47 Å². The molecule has 6 heteroatoms. The summed E-state index contributed by atoms with van der Waals surface area (Å²) in [6.45, 7) is -0.348. The Bertz CT molecular complexity index is 597. The van der Waals surface area contributed by atoms with Gasteiger partial charge in [-0.2, -0.15) is 0 Å². The zero-order valence-corrected chi connectivity index (χ0v) is 10.5. The number of aromatic nitrogens is 2. The zero-order chi connectivity index (χ0) is 12.4. The molecule has 0 fully saturated rings. The van der Waals surface area contributed by atoms with E-state index in [0.29, 0.717) is 10.9 Å². The van der Waals surface area contributed by atoms with Gasteiger partial charge in [-0.05, 0) is 18.2 Å². The lowest BCUT2D eigenvalue weighted by molar-refractivity contribution is 0.0802. The monoisotopic (exact) mass is 298 g/mol. The van der Waals surface area contributed by atoms with E-state index >= 15 is 0 Å². The Morgan fingerprint density at radius 3 is 2.94 bits per heavy atom. The molecule has 1 atom stereocenters. The fourth-order valence-electron chi connectivity index (χ4n) is 1.55. The predicted octanol–water partition coefficient (Wildman–Crippen LogP) is 0.512. The Labute approximate surface area is 105 Å². The molecular formula is C11H11BrN2O3. The molecule has 0 spiro atoms. The predicted molar refractivity (Wildman–Crippen MR) is 66.8 cm³/mol. The standard InChI is InChI=1S/C11H11BrN2O3/c12-7-1-2-9-10(3-7)13-6-14(11(9)17)4-8(16)5-15/h1-3,6,8,15-16H,4-5H2. The van der Waals surface area contributed by atoms with Crippen molar-refractivity contribution in [3.8, 4) is 0 Å². The summed E-state index contributed by atoms with van der Waals surface area (Å²) in [5.41, 5.74) is 0.370. The van der Waals surface area contributed by atoms with Gasteiger partial charge in [-0.1, -0.05) is 15.9 Å².